The molecule has 4 nitrogen and oxygen atoms in total. The molecule has 4 heteroatoms. The number of nitrogens with two attached hydrogens (primary N) is 1. The highest BCUT2D eigenvalue weighted by Gasteiger charge is 2.17. The van der Waals surface area contributed by atoms with Crippen LogP contribution >= 0.6 is 0 Å². The van der Waals surface area contributed by atoms with Gasteiger partial charge in [-0.15, -0.1) is 0 Å². The minimum absolute atomic E-state index is 0.391. The van der Waals surface area contributed by atoms with Crippen molar-refractivity contribution in [3.05, 3.63) is 23.8 Å². The van der Waals surface area contributed by atoms with Gasteiger partial charge in [0, 0.05) is 6.42 Å². The first kappa shape index (κ1) is 14.3. The summed E-state index contributed by atoms with van der Waals surface area (Å²) in [6.07, 6.45) is 1.42. The van der Waals surface area contributed by atoms with Crippen molar-refractivity contribution in [3.8, 4) is 17.6 Å². The third-order valence-electron chi connectivity index (χ3n) is 2.77. The highest BCUT2D eigenvalue weighted by atomic mass is 16.5. The van der Waals surface area contributed by atoms with E-state index in [1.165, 1.54) is 5.56 Å². The van der Waals surface area contributed by atoms with Crippen molar-refractivity contribution in [1.82, 2.24) is 0 Å². The molecule has 1 rings (SSSR count). The van der Waals surface area contributed by atoms with Crippen LogP contribution in [0.1, 0.15) is 25.8 Å². The zero-order chi connectivity index (χ0) is 13.6. The van der Waals surface area contributed by atoms with Gasteiger partial charge < -0.3 is 15.2 Å². The molecule has 1 unspecified atom stereocenters. The van der Waals surface area contributed by atoms with Gasteiger partial charge in [0.05, 0.1) is 19.8 Å². The average Bonchev–Trinajstić information content (AvgIpc) is 2.38. The van der Waals surface area contributed by atoms with Gasteiger partial charge in [-0.05, 0) is 31.0 Å². The van der Waals surface area contributed by atoms with Crippen LogP contribution in [-0.2, 0) is 6.42 Å². The predicted molar refractivity (Wildman–Crippen MR) is 70.7 cm³/mol. The van der Waals surface area contributed by atoms with Crippen LogP contribution in [0.4, 0.5) is 0 Å². The smallest absolute Gasteiger partial charge is 0.161 e. The van der Waals surface area contributed by atoms with E-state index in [0.717, 1.165) is 6.42 Å². The van der Waals surface area contributed by atoms with Gasteiger partial charge in [-0.3, -0.25) is 0 Å². The summed E-state index contributed by atoms with van der Waals surface area (Å²) in [7, 11) is 1.62. The third-order valence-corrected chi connectivity index (χ3v) is 2.77. The van der Waals surface area contributed by atoms with Crippen molar-refractivity contribution in [1.29, 1.82) is 5.26 Å². The van der Waals surface area contributed by atoms with Gasteiger partial charge in [0.25, 0.3) is 0 Å². The van der Waals surface area contributed by atoms with E-state index in [1.54, 1.807) is 14.0 Å². The summed E-state index contributed by atoms with van der Waals surface area (Å²) in [4.78, 5) is 0. The Labute approximate surface area is 108 Å². The fourth-order valence-electron chi connectivity index (χ4n) is 1.48. The molecule has 0 aliphatic rings. The monoisotopic (exact) mass is 248 g/mol. The molecule has 2 N–H and O–H groups in total. The SMILES string of the molecule is CCc1ccc(OCCC(C)(N)C#N)c(OC)c1. The van der Waals surface area contributed by atoms with Gasteiger partial charge in [-0.2, -0.15) is 5.26 Å². The topological polar surface area (TPSA) is 68.3 Å². The maximum absolute atomic E-state index is 8.81. The maximum atomic E-state index is 8.81. The van der Waals surface area contributed by atoms with Gasteiger partial charge in [-0.1, -0.05) is 13.0 Å². The van der Waals surface area contributed by atoms with Gasteiger partial charge in [0.15, 0.2) is 11.5 Å². The molecule has 0 fully saturated rings. The molecular weight excluding hydrogens is 228 g/mol. The van der Waals surface area contributed by atoms with Crippen molar-refractivity contribution in [2.45, 2.75) is 32.2 Å². The van der Waals surface area contributed by atoms with E-state index in [2.05, 4.69) is 6.92 Å². The molecule has 0 saturated carbocycles. The summed E-state index contributed by atoms with van der Waals surface area (Å²) in [6.45, 7) is 4.16. The van der Waals surface area contributed by atoms with Crippen LogP contribution in [0.15, 0.2) is 18.2 Å². The van der Waals surface area contributed by atoms with Crippen molar-refractivity contribution in [2.24, 2.45) is 5.73 Å². The van der Waals surface area contributed by atoms with E-state index in [4.69, 9.17) is 20.5 Å². The summed E-state index contributed by atoms with van der Waals surface area (Å²) in [5, 5.41) is 8.81. The molecule has 1 aromatic carbocycles. The summed E-state index contributed by atoms with van der Waals surface area (Å²) in [6, 6.07) is 7.89. The Balaban J connectivity index is 2.65. The summed E-state index contributed by atoms with van der Waals surface area (Å²) >= 11 is 0. The molecule has 0 spiro atoms. The van der Waals surface area contributed by atoms with Crippen LogP contribution in [0.2, 0.25) is 0 Å². The molecule has 98 valence electrons. The van der Waals surface area contributed by atoms with Gasteiger partial charge in [-0.25, -0.2) is 0 Å². The average molecular weight is 248 g/mol. The minimum atomic E-state index is -0.851. The van der Waals surface area contributed by atoms with E-state index < -0.39 is 5.54 Å². The van der Waals surface area contributed by atoms with Crippen molar-refractivity contribution < 1.29 is 9.47 Å². The van der Waals surface area contributed by atoms with E-state index >= 15 is 0 Å². The number of benzene rings is 1. The Morgan fingerprint density at radius 3 is 2.67 bits per heavy atom. The molecule has 0 bridgehead atoms. The lowest BCUT2D eigenvalue weighted by molar-refractivity contribution is 0.270. The number of hydrogen-bond acceptors (Lipinski definition) is 4. The molecule has 0 heterocycles. The lowest BCUT2D eigenvalue weighted by Crippen LogP contribution is -2.35. The van der Waals surface area contributed by atoms with Crippen LogP contribution in [0.3, 0.4) is 0 Å². The van der Waals surface area contributed by atoms with Crippen molar-refractivity contribution in [2.75, 3.05) is 13.7 Å². The van der Waals surface area contributed by atoms with Gasteiger partial charge in [0.2, 0.25) is 0 Å². The quantitative estimate of drug-likeness (QED) is 0.838. The van der Waals surface area contributed by atoms with E-state index in [9.17, 15) is 0 Å². The first-order chi connectivity index (χ1) is 8.52. The Morgan fingerprint density at radius 1 is 1.39 bits per heavy atom. The number of hydrogen-bond donors (Lipinski definition) is 1. The fraction of sp³-hybridized carbons (Fsp3) is 0.500. The second kappa shape index (κ2) is 6.27. The third kappa shape index (κ3) is 3.94. The highest BCUT2D eigenvalue weighted by Crippen LogP contribution is 2.28. The molecule has 0 aliphatic carbocycles. The largest absolute Gasteiger partial charge is 0.493 e. The van der Waals surface area contributed by atoms with Crippen LogP contribution in [-0.4, -0.2) is 19.3 Å². The normalized spacial score (nSPS) is 13.5. The van der Waals surface area contributed by atoms with Crippen LogP contribution in [0, 0.1) is 11.3 Å². The molecule has 18 heavy (non-hydrogen) atoms. The first-order valence-electron chi connectivity index (χ1n) is 6.02. The van der Waals surface area contributed by atoms with Gasteiger partial charge >= 0.3 is 0 Å². The number of rotatable bonds is 6. The summed E-state index contributed by atoms with van der Waals surface area (Å²) in [5.41, 5.74) is 6.07. The zero-order valence-electron chi connectivity index (χ0n) is 11.2. The molecule has 0 radical (unpaired) electrons. The van der Waals surface area contributed by atoms with Crippen LogP contribution < -0.4 is 15.2 Å². The summed E-state index contributed by atoms with van der Waals surface area (Å²) < 4.78 is 10.9. The second-order valence-corrected chi connectivity index (χ2v) is 4.47. The predicted octanol–water partition coefficient (Wildman–Crippen LogP) is 2.27. The second-order valence-electron chi connectivity index (χ2n) is 4.47. The zero-order valence-corrected chi connectivity index (χ0v) is 11.2. The Hall–Kier alpha value is -1.73. The molecule has 0 aromatic heterocycles. The molecule has 1 aromatic rings. The molecule has 0 saturated heterocycles. The van der Waals surface area contributed by atoms with Crippen molar-refractivity contribution >= 4 is 0 Å². The van der Waals surface area contributed by atoms with E-state index in [1.807, 2.05) is 24.3 Å². The Kier molecular flexibility index (Phi) is 4.99. The van der Waals surface area contributed by atoms with Crippen molar-refractivity contribution in [3.63, 3.8) is 0 Å². The number of aryl methyl sites for hydroxylation is 1. The number of nitrogens with zero attached hydrogens (tertiary/aromatic N) is 1. The first-order valence-corrected chi connectivity index (χ1v) is 6.02. The fourth-order valence-corrected chi connectivity index (χ4v) is 1.48. The Morgan fingerprint density at radius 2 is 2.11 bits per heavy atom. The van der Waals surface area contributed by atoms with Crippen LogP contribution in [0.25, 0.3) is 0 Å². The van der Waals surface area contributed by atoms with E-state index in [-0.39, 0.29) is 0 Å². The minimum Gasteiger partial charge on any atom is -0.493 e. The molecule has 1 atom stereocenters. The number of ether oxygens (including phenoxy) is 2. The molecule has 0 aliphatic heterocycles. The van der Waals surface area contributed by atoms with E-state index in [0.29, 0.717) is 24.5 Å². The van der Waals surface area contributed by atoms with Crippen LogP contribution in [0.5, 0.6) is 11.5 Å². The highest BCUT2D eigenvalue weighted by molar-refractivity contribution is 5.42. The summed E-state index contributed by atoms with van der Waals surface area (Å²) in [5.74, 6) is 1.40. The Bertz CT molecular complexity index is 436. The molecular formula is C14H20N2O2. The lowest BCUT2D eigenvalue weighted by atomic mass is 10.0. The number of nitriles is 1. The number of methoxy groups -OCH3 is 1. The standard InChI is InChI=1S/C14H20N2O2/c1-4-11-5-6-12(13(9-11)17-3)18-8-7-14(2,16)10-15/h5-6,9H,4,7-8,16H2,1-3H3. The molecule has 0 amide bonds. The maximum Gasteiger partial charge on any atom is 0.161 e. The van der Waals surface area contributed by atoms with Gasteiger partial charge in [0.1, 0.15) is 5.54 Å². The lowest BCUT2D eigenvalue weighted by Gasteiger charge is -2.16.